The number of allylic oxidation sites excluding steroid dienone is 2. The zero-order chi connectivity index (χ0) is 32.8. The van der Waals surface area contributed by atoms with Gasteiger partial charge in [-0.15, -0.1) is 0 Å². The topological polar surface area (TPSA) is 112 Å². The SMILES string of the molecule is CC(=O)c1ccc(N2C(=O)[C@H]3[C@H](CC=C4[C@H]3C[C@H]3C(=O)N(c5ccccc5)C(=O)[C@@]3(C)[C@H]4c3ccc(O)c4ccccc34)C2=O)cc1. The number of benzene rings is 4. The van der Waals surface area contributed by atoms with Crippen molar-refractivity contribution in [2.45, 2.75) is 32.6 Å². The van der Waals surface area contributed by atoms with Crippen LogP contribution in [0.2, 0.25) is 0 Å². The van der Waals surface area contributed by atoms with Gasteiger partial charge >= 0.3 is 0 Å². The lowest BCUT2D eigenvalue weighted by atomic mass is 9.51. The number of phenolic OH excluding ortho intramolecular Hbond substituents is 1. The molecule has 4 aromatic carbocycles. The van der Waals surface area contributed by atoms with E-state index < -0.39 is 35.0 Å². The Labute approximate surface area is 271 Å². The van der Waals surface area contributed by atoms with E-state index in [1.165, 1.54) is 16.7 Å². The molecule has 2 aliphatic carbocycles. The van der Waals surface area contributed by atoms with E-state index in [-0.39, 0.29) is 41.6 Å². The zero-order valence-corrected chi connectivity index (χ0v) is 25.9. The zero-order valence-electron chi connectivity index (χ0n) is 25.9. The summed E-state index contributed by atoms with van der Waals surface area (Å²) in [5, 5.41) is 12.2. The number of phenols is 1. The normalized spacial score (nSPS) is 28.3. The van der Waals surface area contributed by atoms with Crippen molar-refractivity contribution in [3.8, 4) is 5.75 Å². The van der Waals surface area contributed by atoms with Crippen molar-refractivity contribution >= 4 is 51.6 Å². The third-order valence-corrected chi connectivity index (χ3v) is 11.1. The molecule has 0 radical (unpaired) electrons. The standard InChI is InChI=1S/C39H32N2O6/c1-21(42)22-12-14-24(15-13-22)40-35(44)29-17-16-28-30(33(29)37(40)46)20-31-36(45)41(23-8-4-3-5-9-23)38(47)39(31,2)34(28)27-18-19-32(43)26-11-7-6-10-25(26)27/h3-16,18-19,29-31,33-34,43H,17,20H2,1-2H3/t29-,30+,31-,33-,34-,39+/m0/s1. The van der Waals surface area contributed by atoms with Gasteiger partial charge in [-0.05, 0) is 86.0 Å². The average Bonchev–Trinajstić information content (AvgIpc) is 3.45. The number of aromatic hydroxyl groups is 1. The Kier molecular flexibility index (Phi) is 6.38. The highest BCUT2D eigenvalue weighted by Gasteiger charge is 2.67. The van der Waals surface area contributed by atoms with Crippen LogP contribution in [0.4, 0.5) is 11.4 Å². The molecule has 0 aromatic heterocycles. The maximum atomic E-state index is 14.7. The molecule has 234 valence electrons. The van der Waals surface area contributed by atoms with Crippen molar-refractivity contribution in [1.82, 2.24) is 0 Å². The largest absolute Gasteiger partial charge is 0.507 e. The number of nitrogens with zero attached hydrogens (tertiary/aromatic N) is 2. The summed E-state index contributed by atoms with van der Waals surface area (Å²) in [7, 11) is 0. The minimum Gasteiger partial charge on any atom is -0.507 e. The van der Waals surface area contributed by atoms with Gasteiger partial charge in [-0.1, -0.05) is 60.2 Å². The van der Waals surface area contributed by atoms with Gasteiger partial charge in [-0.25, -0.2) is 4.90 Å². The summed E-state index contributed by atoms with van der Waals surface area (Å²) in [6.45, 7) is 3.32. The van der Waals surface area contributed by atoms with Crippen LogP contribution < -0.4 is 9.80 Å². The number of fused-ring (bicyclic) bond motifs is 5. The molecule has 4 amide bonds. The predicted octanol–water partition coefficient (Wildman–Crippen LogP) is 6.18. The second kappa shape index (κ2) is 10.3. The molecule has 8 rings (SSSR count). The Morgan fingerprint density at radius 2 is 1.40 bits per heavy atom. The van der Waals surface area contributed by atoms with Crippen LogP contribution in [-0.4, -0.2) is 34.5 Å². The van der Waals surface area contributed by atoms with E-state index in [2.05, 4.69) is 0 Å². The summed E-state index contributed by atoms with van der Waals surface area (Å²) >= 11 is 0. The van der Waals surface area contributed by atoms with Crippen LogP contribution in [0.5, 0.6) is 5.75 Å². The van der Waals surface area contributed by atoms with Gasteiger partial charge < -0.3 is 5.11 Å². The smallest absolute Gasteiger partial charge is 0.241 e. The fourth-order valence-corrected chi connectivity index (χ4v) is 8.84. The number of para-hydroxylation sites is 1. The fraction of sp³-hybridized carbons (Fsp3) is 0.256. The van der Waals surface area contributed by atoms with Gasteiger partial charge in [0.25, 0.3) is 0 Å². The van der Waals surface area contributed by atoms with Crippen molar-refractivity contribution in [3.05, 3.63) is 114 Å². The number of amides is 4. The molecule has 47 heavy (non-hydrogen) atoms. The molecule has 1 N–H and O–H groups in total. The van der Waals surface area contributed by atoms with E-state index in [9.17, 15) is 29.1 Å². The molecule has 4 aliphatic rings. The van der Waals surface area contributed by atoms with E-state index in [0.717, 1.165) is 16.5 Å². The van der Waals surface area contributed by atoms with Gasteiger partial charge in [0.1, 0.15) is 5.75 Å². The summed E-state index contributed by atoms with van der Waals surface area (Å²) < 4.78 is 0. The van der Waals surface area contributed by atoms with Crippen molar-refractivity contribution < 1.29 is 29.1 Å². The third kappa shape index (κ3) is 3.97. The van der Waals surface area contributed by atoms with Crippen LogP contribution in [0.1, 0.15) is 48.5 Å². The highest BCUT2D eigenvalue weighted by Crippen LogP contribution is 2.64. The molecule has 8 heteroatoms. The second-order valence-corrected chi connectivity index (χ2v) is 13.3. The minimum atomic E-state index is -1.18. The third-order valence-electron chi connectivity index (χ3n) is 11.1. The van der Waals surface area contributed by atoms with E-state index in [0.29, 0.717) is 28.7 Å². The fourth-order valence-electron chi connectivity index (χ4n) is 8.84. The Balaban J connectivity index is 1.29. The van der Waals surface area contributed by atoms with Crippen LogP contribution in [0, 0.1) is 29.1 Å². The summed E-state index contributed by atoms with van der Waals surface area (Å²) in [4.78, 5) is 71.7. The highest BCUT2D eigenvalue weighted by atomic mass is 16.3. The first-order valence-electron chi connectivity index (χ1n) is 16.0. The number of rotatable bonds is 4. The lowest BCUT2D eigenvalue weighted by molar-refractivity contribution is -0.131. The number of imide groups is 2. The summed E-state index contributed by atoms with van der Waals surface area (Å²) in [6.07, 6.45) is 2.59. The molecule has 4 aromatic rings. The van der Waals surface area contributed by atoms with Gasteiger partial charge in [0.15, 0.2) is 5.78 Å². The van der Waals surface area contributed by atoms with E-state index in [1.807, 2.05) is 49.4 Å². The van der Waals surface area contributed by atoms with Gasteiger partial charge in [0.2, 0.25) is 23.6 Å². The van der Waals surface area contributed by atoms with Crippen molar-refractivity contribution in [2.24, 2.45) is 29.1 Å². The van der Waals surface area contributed by atoms with Gasteiger partial charge in [0.05, 0.1) is 34.5 Å². The number of Topliss-reactive ketones (excluding diaryl/α,β-unsaturated/α-hetero) is 1. The maximum Gasteiger partial charge on any atom is 0.241 e. The Bertz CT molecular complexity index is 2070. The first kappa shape index (κ1) is 29.1. The molecule has 6 atom stereocenters. The van der Waals surface area contributed by atoms with Crippen LogP contribution in [0.3, 0.4) is 0 Å². The van der Waals surface area contributed by atoms with Crippen LogP contribution in [0.25, 0.3) is 10.8 Å². The average molecular weight is 625 g/mol. The number of hydrogen-bond acceptors (Lipinski definition) is 6. The Morgan fingerprint density at radius 1 is 0.745 bits per heavy atom. The van der Waals surface area contributed by atoms with Gasteiger partial charge in [-0.3, -0.25) is 28.9 Å². The first-order valence-corrected chi connectivity index (χ1v) is 16.0. The number of anilines is 2. The van der Waals surface area contributed by atoms with Crippen molar-refractivity contribution in [1.29, 1.82) is 0 Å². The number of ketones is 1. The predicted molar refractivity (Wildman–Crippen MR) is 176 cm³/mol. The van der Waals surface area contributed by atoms with Gasteiger partial charge in [-0.2, -0.15) is 0 Å². The molecule has 0 bridgehead atoms. The summed E-state index contributed by atoms with van der Waals surface area (Å²) in [5.74, 6) is -4.37. The molecule has 8 nitrogen and oxygen atoms in total. The molecule has 0 unspecified atom stereocenters. The monoisotopic (exact) mass is 624 g/mol. The minimum absolute atomic E-state index is 0.110. The molecule has 2 heterocycles. The molecular formula is C39H32N2O6. The summed E-state index contributed by atoms with van der Waals surface area (Å²) in [6, 6.07) is 26.3. The molecule has 3 fully saturated rings. The molecule has 2 aliphatic heterocycles. The molecule has 2 saturated heterocycles. The van der Waals surface area contributed by atoms with Gasteiger partial charge in [0, 0.05) is 16.9 Å². The Hall–Kier alpha value is -5.37. The van der Waals surface area contributed by atoms with Crippen molar-refractivity contribution in [2.75, 3.05) is 9.80 Å². The Morgan fingerprint density at radius 3 is 2.11 bits per heavy atom. The second-order valence-electron chi connectivity index (χ2n) is 13.3. The maximum absolute atomic E-state index is 14.7. The summed E-state index contributed by atoms with van der Waals surface area (Å²) in [5.41, 5.74) is 1.88. The van der Waals surface area contributed by atoms with Crippen LogP contribution in [0.15, 0.2) is 103 Å². The lowest BCUT2D eigenvalue weighted by Gasteiger charge is -2.49. The van der Waals surface area contributed by atoms with E-state index in [4.69, 9.17) is 0 Å². The highest BCUT2D eigenvalue weighted by molar-refractivity contribution is 6.25. The van der Waals surface area contributed by atoms with E-state index in [1.54, 1.807) is 54.6 Å². The first-order chi connectivity index (χ1) is 22.6. The number of hydrogen-bond donors (Lipinski definition) is 1. The molecular weight excluding hydrogens is 592 g/mol. The number of carbonyl (C=O) groups excluding carboxylic acids is 5. The number of carbonyl (C=O) groups is 5. The van der Waals surface area contributed by atoms with Crippen LogP contribution in [-0.2, 0) is 19.2 Å². The van der Waals surface area contributed by atoms with E-state index >= 15 is 0 Å². The molecule has 1 saturated carbocycles. The van der Waals surface area contributed by atoms with Crippen molar-refractivity contribution in [3.63, 3.8) is 0 Å². The quantitative estimate of drug-likeness (QED) is 0.165. The lowest BCUT2D eigenvalue weighted by Crippen LogP contribution is -2.49. The van der Waals surface area contributed by atoms with Crippen LogP contribution >= 0.6 is 0 Å². The molecule has 0 spiro atoms.